The lowest BCUT2D eigenvalue weighted by Gasteiger charge is -2.45. The highest BCUT2D eigenvalue weighted by Crippen LogP contribution is 2.43. The number of likely N-dealkylation sites (tertiary alicyclic amines) is 1. The maximum atomic E-state index is 13.7. The quantitative estimate of drug-likeness (QED) is 0.611. The van der Waals surface area contributed by atoms with Crippen molar-refractivity contribution < 1.29 is 33.0 Å². The highest BCUT2D eigenvalue weighted by Gasteiger charge is 2.46. The van der Waals surface area contributed by atoms with E-state index in [4.69, 9.17) is 0 Å². The lowest BCUT2D eigenvalue weighted by molar-refractivity contribution is -0.144. The van der Waals surface area contributed by atoms with Gasteiger partial charge in [-0.1, -0.05) is 37.5 Å². The van der Waals surface area contributed by atoms with Crippen LogP contribution in [0, 0.1) is 0 Å². The Kier molecular flexibility index (Phi) is 7.55. The third kappa shape index (κ3) is 5.67. The van der Waals surface area contributed by atoms with E-state index >= 15 is 0 Å². The van der Waals surface area contributed by atoms with Gasteiger partial charge in [0, 0.05) is 24.7 Å². The van der Waals surface area contributed by atoms with Crippen LogP contribution in [0.5, 0.6) is 0 Å². The van der Waals surface area contributed by atoms with Crippen LogP contribution in [0.3, 0.4) is 0 Å². The van der Waals surface area contributed by atoms with Crippen LogP contribution in [0.1, 0.15) is 82.8 Å². The molecule has 3 rings (SSSR count). The molecule has 1 aliphatic heterocycles. The average Bonchev–Trinajstić information content (AvgIpc) is 2.73. The molecule has 190 valence electrons. The van der Waals surface area contributed by atoms with Crippen molar-refractivity contribution in [2.24, 2.45) is 0 Å². The van der Waals surface area contributed by atoms with Gasteiger partial charge < -0.3 is 20.0 Å². The molecule has 1 atom stereocenters. The first-order valence-corrected chi connectivity index (χ1v) is 11.9. The van der Waals surface area contributed by atoms with Crippen molar-refractivity contribution in [3.8, 4) is 0 Å². The number of benzene rings is 1. The van der Waals surface area contributed by atoms with Crippen LogP contribution in [-0.4, -0.2) is 62.3 Å². The van der Waals surface area contributed by atoms with Gasteiger partial charge in [0.25, 0.3) is 0 Å². The smallest absolute Gasteiger partial charge is 0.416 e. The van der Waals surface area contributed by atoms with E-state index in [2.05, 4.69) is 0 Å². The second-order valence-electron chi connectivity index (χ2n) is 10.6. The molecule has 0 bridgehead atoms. The van der Waals surface area contributed by atoms with Gasteiger partial charge in [0.15, 0.2) is 0 Å². The molecule has 0 spiro atoms. The van der Waals surface area contributed by atoms with E-state index in [0.717, 1.165) is 18.6 Å². The highest BCUT2D eigenvalue weighted by molar-refractivity contribution is 5.85. The fourth-order valence-electron chi connectivity index (χ4n) is 5.55. The summed E-state index contributed by atoms with van der Waals surface area (Å²) < 4.78 is 40.2. The molecule has 2 fully saturated rings. The van der Waals surface area contributed by atoms with Crippen molar-refractivity contribution >= 4 is 12.0 Å². The predicted octanol–water partition coefficient (Wildman–Crippen LogP) is 5.25. The molecule has 0 radical (unpaired) electrons. The second-order valence-corrected chi connectivity index (χ2v) is 10.6. The van der Waals surface area contributed by atoms with Gasteiger partial charge in [-0.3, -0.25) is 4.79 Å². The second kappa shape index (κ2) is 9.76. The Morgan fingerprint density at radius 2 is 1.68 bits per heavy atom. The van der Waals surface area contributed by atoms with Crippen LogP contribution in [0.15, 0.2) is 24.3 Å². The minimum Gasteiger partial charge on any atom is -0.465 e. The summed E-state index contributed by atoms with van der Waals surface area (Å²) in [5.74, 6) is -1.48. The van der Waals surface area contributed by atoms with Gasteiger partial charge in [-0.2, -0.15) is 13.2 Å². The van der Waals surface area contributed by atoms with Crippen LogP contribution >= 0.6 is 0 Å². The van der Waals surface area contributed by atoms with E-state index in [1.54, 1.807) is 4.90 Å². The van der Waals surface area contributed by atoms with Crippen molar-refractivity contribution in [3.63, 3.8) is 0 Å². The molecule has 9 heteroatoms. The number of halogens is 3. The zero-order valence-electron chi connectivity index (χ0n) is 20.1. The van der Waals surface area contributed by atoms with Crippen molar-refractivity contribution in [3.05, 3.63) is 35.4 Å². The lowest BCUT2D eigenvalue weighted by Crippen LogP contribution is -2.56. The summed E-state index contributed by atoms with van der Waals surface area (Å²) in [6, 6.07) is 4.46. The minimum absolute atomic E-state index is 0.174. The summed E-state index contributed by atoms with van der Waals surface area (Å²) in [5.41, 5.74) is -2.67. The molecule has 0 aromatic heterocycles. The standard InChI is InChI=1S/C25H35F3N2O4/c1-23(2,3)30(22(32)33)19-10-14-29(15-11-19)21(31)20(24(34)12-5-4-6-13-24)17-8-7-9-18(16-17)25(26,27)28/h7-9,16,19-20,34H,4-6,10-15H2,1-3H3,(H,32,33). The maximum absolute atomic E-state index is 13.7. The van der Waals surface area contributed by atoms with E-state index in [1.165, 1.54) is 17.0 Å². The number of carbonyl (C=O) groups excluding carboxylic acids is 1. The molecule has 1 saturated heterocycles. The summed E-state index contributed by atoms with van der Waals surface area (Å²) in [6.45, 7) is 6.03. The first kappa shape index (κ1) is 26.3. The molecule has 1 aliphatic carbocycles. The lowest BCUT2D eigenvalue weighted by atomic mass is 9.71. The Morgan fingerprint density at radius 3 is 2.18 bits per heavy atom. The van der Waals surface area contributed by atoms with E-state index in [0.29, 0.717) is 38.5 Å². The summed E-state index contributed by atoms with van der Waals surface area (Å²) in [7, 11) is 0. The maximum Gasteiger partial charge on any atom is 0.416 e. The van der Waals surface area contributed by atoms with Gasteiger partial charge in [0.2, 0.25) is 5.91 Å². The van der Waals surface area contributed by atoms with E-state index in [9.17, 15) is 33.0 Å². The topological polar surface area (TPSA) is 81.1 Å². The van der Waals surface area contributed by atoms with Gasteiger partial charge in [-0.05, 0) is 58.1 Å². The fraction of sp³-hybridized carbons (Fsp3) is 0.680. The molecule has 1 unspecified atom stereocenters. The average molecular weight is 485 g/mol. The molecule has 1 aromatic rings. The van der Waals surface area contributed by atoms with Crippen LogP contribution in [0.2, 0.25) is 0 Å². The Balaban J connectivity index is 1.87. The Morgan fingerprint density at radius 1 is 1.09 bits per heavy atom. The summed E-state index contributed by atoms with van der Waals surface area (Å²) in [5, 5.41) is 21.2. The number of alkyl halides is 3. The fourth-order valence-corrected chi connectivity index (χ4v) is 5.55. The molecule has 2 N–H and O–H groups in total. The largest absolute Gasteiger partial charge is 0.465 e. The van der Waals surface area contributed by atoms with Crippen LogP contribution < -0.4 is 0 Å². The van der Waals surface area contributed by atoms with Gasteiger partial charge in [-0.15, -0.1) is 0 Å². The Labute approximate surface area is 198 Å². The van der Waals surface area contributed by atoms with Crippen molar-refractivity contribution in [2.45, 2.75) is 95.0 Å². The number of piperidine rings is 1. The minimum atomic E-state index is -4.55. The summed E-state index contributed by atoms with van der Waals surface area (Å²) >= 11 is 0. The van der Waals surface area contributed by atoms with Crippen LogP contribution in [0.25, 0.3) is 0 Å². The molecular weight excluding hydrogens is 449 g/mol. The van der Waals surface area contributed by atoms with E-state index in [1.807, 2.05) is 20.8 Å². The predicted molar refractivity (Wildman–Crippen MR) is 121 cm³/mol. The van der Waals surface area contributed by atoms with Crippen LogP contribution in [0.4, 0.5) is 18.0 Å². The van der Waals surface area contributed by atoms with Crippen molar-refractivity contribution in [1.82, 2.24) is 9.80 Å². The zero-order chi connectivity index (χ0) is 25.3. The van der Waals surface area contributed by atoms with Crippen LogP contribution in [-0.2, 0) is 11.0 Å². The monoisotopic (exact) mass is 484 g/mol. The SMILES string of the molecule is CC(C)(C)N(C(=O)O)C1CCN(C(=O)C(c2cccc(C(F)(F)F)c2)C2(O)CCCCC2)CC1. The number of aliphatic hydroxyl groups is 1. The molecule has 2 aliphatic rings. The van der Waals surface area contributed by atoms with Gasteiger partial charge in [-0.25, -0.2) is 4.79 Å². The molecule has 1 aromatic carbocycles. The number of hydrogen-bond donors (Lipinski definition) is 2. The molecule has 2 amide bonds. The number of nitrogens with zero attached hydrogens (tertiary/aromatic N) is 2. The summed E-state index contributed by atoms with van der Waals surface area (Å²) in [4.78, 5) is 28.6. The number of hydrogen-bond acceptors (Lipinski definition) is 3. The third-order valence-electron chi connectivity index (χ3n) is 7.12. The zero-order valence-corrected chi connectivity index (χ0v) is 20.1. The summed E-state index contributed by atoms with van der Waals surface area (Å²) in [6.07, 6.45) is -1.66. The first-order chi connectivity index (χ1) is 15.7. The molecule has 34 heavy (non-hydrogen) atoms. The number of carboxylic acid groups (broad SMARTS) is 1. The molecule has 1 saturated carbocycles. The Bertz CT molecular complexity index is 883. The number of carbonyl (C=O) groups is 2. The first-order valence-electron chi connectivity index (χ1n) is 11.9. The Hall–Kier alpha value is -2.29. The van der Waals surface area contributed by atoms with Crippen molar-refractivity contribution in [2.75, 3.05) is 13.1 Å². The van der Waals surface area contributed by atoms with Gasteiger partial charge in [0.05, 0.1) is 17.1 Å². The normalized spacial score (nSPS) is 20.6. The third-order valence-corrected chi connectivity index (χ3v) is 7.12. The number of rotatable bonds is 4. The van der Waals surface area contributed by atoms with Gasteiger partial charge in [0.1, 0.15) is 0 Å². The van der Waals surface area contributed by atoms with E-state index in [-0.39, 0.29) is 30.6 Å². The molecule has 6 nitrogen and oxygen atoms in total. The number of amides is 2. The van der Waals surface area contributed by atoms with Gasteiger partial charge >= 0.3 is 12.3 Å². The molecular formula is C25H35F3N2O4. The van der Waals surface area contributed by atoms with E-state index < -0.39 is 34.9 Å². The highest BCUT2D eigenvalue weighted by atomic mass is 19.4. The van der Waals surface area contributed by atoms with Crippen molar-refractivity contribution in [1.29, 1.82) is 0 Å². The molecule has 1 heterocycles.